The first kappa shape index (κ1) is 13.5. The Labute approximate surface area is 117 Å². The molecule has 6 unspecified atom stereocenters. The lowest BCUT2D eigenvalue weighted by molar-refractivity contribution is -0.172. The van der Waals surface area contributed by atoms with Gasteiger partial charge in [-0.2, -0.15) is 0 Å². The Bertz CT molecular complexity index is 364. The predicted molar refractivity (Wildman–Crippen MR) is 72.9 cm³/mol. The summed E-state index contributed by atoms with van der Waals surface area (Å²) in [6, 6.07) is 0. The van der Waals surface area contributed by atoms with Crippen LogP contribution >= 0.6 is 0 Å². The number of fused-ring (bicyclic) bond motifs is 2. The average Bonchev–Trinajstić information content (AvgIpc) is 3.03. The number of hydrogen-bond acceptors (Lipinski definition) is 2. The second-order valence-corrected chi connectivity index (χ2v) is 6.92. The summed E-state index contributed by atoms with van der Waals surface area (Å²) in [7, 11) is 0. The Hall–Kier alpha value is -0.530. The molecule has 0 spiro atoms. The fraction of sp³-hybridized carbons (Fsp3) is 0.824. The Balaban J connectivity index is 1.68. The van der Waals surface area contributed by atoms with Crippen molar-refractivity contribution in [2.75, 3.05) is 0 Å². The molecule has 0 amide bonds. The third kappa shape index (κ3) is 2.21. The van der Waals surface area contributed by atoms with E-state index in [-0.39, 0.29) is 29.3 Å². The molecule has 0 saturated heterocycles. The Morgan fingerprint density at radius 1 is 1.26 bits per heavy atom. The highest BCUT2D eigenvalue weighted by atomic mass is 16.6. The fourth-order valence-corrected chi connectivity index (χ4v) is 4.68. The summed E-state index contributed by atoms with van der Waals surface area (Å²) >= 11 is 0. The third-order valence-electron chi connectivity index (χ3n) is 5.77. The number of ether oxygens (including phenoxy) is 1. The largest absolute Gasteiger partial charge is 0.459 e. The lowest BCUT2D eigenvalue weighted by atomic mass is 9.81. The molecule has 3 fully saturated rings. The highest BCUT2D eigenvalue weighted by Gasteiger charge is 2.53. The zero-order valence-electron chi connectivity index (χ0n) is 11.8. The van der Waals surface area contributed by atoms with E-state index in [0.29, 0.717) is 12.3 Å². The summed E-state index contributed by atoms with van der Waals surface area (Å²) in [6.45, 7) is 14.1. The Kier molecular flexibility index (Phi) is 3.39. The van der Waals surface area contributed by atoms with Crippen molar-refractivity contribution in [3.05, 3.63) is 13.8 Å². The summed E-state index contributed by atoms with van der Waals surface area (Å²) < 4.78 is 6.01. The predicted octanol–water partition coefficient (Wildman–Crippen LogP) is 3.56. The van der Waals surface area contributed by atoms with Crippen LogP contribution in [0.1, 0.15) is 51.9 Å². The van der Waals surface area contributed by atoms with Gasteiger partial charge < -0.3 is 4.74 Å². The van der Waals surface area contributed by atoms with Crippen molar-refractivity contribution in [3.63, 3.8) is 0 Å². The second kappa shape index (κ2) is 4.79. The Morgan fingerprint density at radius 3 is 2.53 bits per heavy atom. The van der Waals surface area contributed by atoms with Crippen LogP contribution in [-0.4, -0.2) is 11.6 Å². The van der Waals surface area contributed by atoms with Crippen LogP contribution in [-0.2, 0) is 9.53 Å². The molecule has 19 heavy (non-hydrogen) atoms. The van der Waals surface area contributed by atoms with Gasteiger partial charge in [0.15, 0.2) is 0 Å². The second-order valence-electron chi connectivity index (χ2n) is 6.92. The van der Waals surface area contributed by atoms with Gasteiger partial charge in [0.2, 0.25) is 0 Å². The molecule has 4 radical (unpaired) electrons. The van der Waals surface area contributed by atoms with Crippen LogP contribution in [0.4, 0.5) is 0 Å². The van der Waals surface area contributed by atoms with Gasteiger partial charge in [0.05, 0.1) is 5.92 Å². The van der Waals surface area contributed by atoms with Crippen molar-refractivity contribution >= 4 is 5.97 Å². The fourth-order valence-electron chi connectivity index (χ4n) is 4.68. The number of carbonyl (C=O) groups excluding carboxylic acids is 1. The molecule has 3 aliphatic rings. The minimum Gasteiger partial charge on any atom is -0.459 e. The maximum atomic E-state index is 12.4. The lowest BCUT2D eigenvalue weighted by Gasteiger charge is -2.37. The van der Waals surface area contributed by atoms with Crippen molar-refractivity contribution in [1.82, 2.24) is 0 Å². The standard InChI is InChI=1S/C17H24O2/c1-4-17(10-13-5-6-14(17)9-13)19-16(18)15-8-11(2)7-12(15)3/h2-3,11-15H,4-10H2,1H3. The van der Waals surface area contributed by atoms with Gasteiger partial charge in [-0.15, -0.1) is 0 Å². The van der Waals surface area contributed by atoms with Crippen molar-refractivity contribution < 1.29 is 9.53 Å². The van der Waals surface area contributed by atoms with E-state index in [1.54, 1.807) is 0 Å². The number of esters is 1. The van der Waals surface area contributed by atoms with Gasteiger partial charge in [-0.1, -0.05) is 6.92 Å². The van der Waals surface area contributed by atoms with Gasteiger partial charge in [0.1, 0.15) is 5.60 Å². The van der Waals surface area contributed by atoms with Gasteiger partial charge in [-0.05, 0) is 82.5 Å². The van der Waals surface area contributed by atoms with E-state index in [9.17, 15) is 4.79 Å². The van der Waals surface area contributed by atoms with E-state index in [1.807, 2.05) is 0 Å². The average molecular weight is 260 g/mol. The molecule has 2 heteroatoms. The van der Waals surface area contributed by atoms with Crippen molar-refractivity contribution in [2.45, 2.75) is 57.5 Å². The first-order valence-electron chi connectivity index (χ1n) is 7.78. The monoisotopic (exact) mass is 260 g/mol. The van der Waals surface area contributed by atoms with Gasteiger partial charge >= 0.3 is 5.97 Å². The van der Waals surface area contributed by atoms with Gasteiger partial charge in [0, 0.05) is 0 Å². The molecule has 104 valence electrons. The summed E-state index contributed by atoms with van der Waals surface area (Å²) in [4.78, 5) is 12.4. The lowest BCUT2D eigenvalue weighted by Crippen LogP contribution is -2.41. The summed E-state index contributed by atoms with van der Waals surface area (Å²) in [5, 5.41) is 0. The maximum absolute atomic E-state index is 12.4. The molecule has 0 aliphatic heterocycles. The zero-order chi connectivity index (χ0) is 13.6. The summed E-state index contributed by atoms with van der Waals surface area (Å²) in [5.74, 6) is 1.03. The highest BCUT2D eigenvalue weighted by Crippen LogP contribution is 2.54. The molecule has 0 heterocycles. The van der Waals surface area contributed by atoms with Crippen LogP contribution in [0.5, 0.6) is 0 Å². The van der Waals surface area contributed by atoms with Gasteiger partial charge in [-0.25, -0.2) is 0 Å². The van der Waals surface area contributed by atoms with E-state index in [0.717, 1.165) is 25.2 Å². The smallest absolute Gasteiger partial charge is 0.309 e. The quantitative estimate of drug-likeness (QED) is 0.725. The van der Waals surface area contributed by atoms with Crippen LogP contribution in [0, 0.1) is 43.4 Å². The third-order valence-corrected chi connectivity index (χ3v) is 5.77. The zero-order valence-corrected chi connectivity index (χ0v) is 11.8. The molecule has 0 N–H and O–H groups in total. The molecule has 2 nitrogen and oxygen atoms in total. The highest BCUT2D eigenvalue weighted by molar-refractivity contribution is 5.74. The topological polar surface area (TPSA) is 26.3 Å². The molecule has 2 bridgehead atoms. The van der Waals surface area contributed by atoms with Gasteiger partial charge in [0.25, 0.3) is 0 Å². The molecular formula is C17H24O2. The molecule has 0 aromatic rings. The van der Waals surface area contributed by atoms with Crippen LogP contribution in [0.2, 0.25) is 0 Å². The molecule has 0 aromatic carbocycles. The number of carbonyl (C=O) groups is 1. The van der Waals surface area contributed by atoms with Crippen LogP contribution in [0.3, 0.4) is 0 Å². The first-order valence-corrected chi connectivity index (χ1v) is 7.78. The summed E-state index contributed by atoms with van der Waals surface area (Å²) in [5.41, 5.74) is -0.188. The molecule has 0 aromatic heterocycles. The molecule has 3 saturated carbocycles. The molecule has 6 atom stereocenters. The van der Waals surface area contributed by atoms with E-state index in [2.05, 4.69) is 6.92 Å². The van der Waals surface area contributed by atoms with Crippen molar-refractivity contribution in [3.8, 4) is 0 Å². The van der Waals surface area contributed by atoms with Crippen molar-refractivity contribution in [1.29, 1.82) is 0 Å². The van der Waals surface area contributed by atoms with E-state index in [1.165, 1.54) is 19.3 Å². The maximum Gasteiger partial charge on any atom is 0.309 e. The van der Waals surface area contributed by atoms with Crippen LogP contribution < -0.4 is 0 Å². The molecular weight excluding hydrogens is 236 g/mol. The minimum absolute atomic E-state index is 0.0603. The molecule has 3 aliphatic carbocycles. The minimum atomic E-state index is -0.188. The summed E-state index contributed by atoms with van der Waals surface area (Å²) in [6.07, 6.45) is 7.22. The van der Waals surface area contributed by atoms with Crippen LogP contribution in [0.25, 0.3) is 0 Å². The molecule has 3 rings (SSSR count). The van der Waals surface area contributed by atoms with Crippen LogP contribution in [0.15, 0.2) is 0 Å². The normalized spacial score (nSPS) is 48.7. The Morgan fingerprint density at radius 2 is 2.05 bits per heavy atom. The van der Waals surface area contributed by atoms with E-state index < -0.39 is 0 Å². The number of rotatable bonds is 3. The number of hydrogen-bond donors (Lipinski definition) is 0. The van der Waals surface area contributed by atoms with Gasteiger partial charge in [-0.3, -0.25) is 4.79 Å². The van der Waals surface area contributed by atoms with E-state index in [4.69, 9.17) is 18.6 Å². The first-order chi connectivity index (χ1) is 9.04. The SMILES string of the molecule is [CH]C1CC([CH])C(C(=O)OC2(CC)CC3CCC2C3)C1. The van der Waals surface area contributed by atoms with E-state index >= 15 is 0 Å². The van der Waals surface area contributed by atoms with Crippen molar-refractivity contribution in [2.24, 2.45) is 29.6 Å².